The molecule has 0 saturated carbocycles. The predicted octanol–water partition coefficient (Wildman–Crippen LogP) is 5.96. The standard InChI is InChI=1S/C34H37NO6/c1-23(22-38)41-28-11-6-25(7-12-28)35(24-4-9-27(10-5-24)39-18-16-36)26-8-14-30-31-15-13-29(40-19-17-37)21-33(31)34(2,3)32(30)20-26/h4-15,20-21,23,36-38H,16-19,22H2,1-3H3. The van der Waals surface area contributed by atoms with Gasteiger partial charge in [-0.1, -0.05) is 26.0 Å². The molecule has 41 heavy (non-hydrogen) atoms. The number of aliphatic hydroxyl groups is 3. The molecule has 4 aromatic carbocycles. The third kappa shape index (κ3) is 5.88. The minimum absolute atomic E-state index is 0.0258. The minimum Gasteiger partial charge on any atom is -0.491 e. The Morgan fingerprint density at radius 1 is 0.634 bits per heavy atom. The van der Waals surface area contributed by atoms with Gasteiger partial charge in [0.1, 0.15) is 36.6 Å². The first-order valence-electron chi connectivity index (χ1n) is 13.9. The second-order valence-electron chi connectivity index (χ2n) is 10.6. The monoisotopic (exact) mass is 555 g/mol. The fraction of sp³-hybridized carbons (Fsp3) is 0.294. The molecule has 0 amide bonds. The van der Waals surface area contributed by atoms with Gasteiger partial charge in [-0.05, 0) is 102 Å². The highest BCUT2D eigenvalue weighted by molar-refractivity contribution is 5.86. The molecule has 1 aliphatic carbocycles. The van der Waals surface area contributed by atoms with Gasteiger partial charge in [0.25, 0.3) is 0 Å². The zero-order valence-electron chi connectivity index (χ0n) is 23.7. The Balaban J connectivity index is 1.55. The first-order valence-corrected chi connectivity index (χ1v) is 13.9. The molecular weight excluding hydrogens is 518 g/mol. The van der Waals surface area contributed by atoms with E-state index in [0.717, 1.165) is 22.8 Å². The zero-order chi connectivity index (χ0) is 29.0. The number of hydrogen-bond donors (Lipinski definition) is 3. The van der Waals surface area contributed by atoms with Crippen molar-refractivity contribution in [3.05, 3.63) is 96.1 Å². The number of benzene rings is 4. The molecule has 7 nitrogen and oxygen atoms in total. The smallest absolute Gasteiger partial charge is 0.119 e. The first-order chi connectivity index (χ1) is 19.8. The summed E-state index contributed by atoms with van der Waals surface area (Å²) in [4.78, 5) is 2.18. The Morgan fingerprint density at radius 2 is 1.12 bits per heavy atom. The fourth-order valence-corrected chi connectivity index (χ4v) is 5.34. The van der Waals surface area contributed by atoms with Crippen molar-refractivity contribution in [3.63, 3.8) is 0 Å². The molecular formula is C34H37NO6. The summed E-state index contributed by atoms with van der Waals surface area (Å²) in [5.41, 5.74) is 7.43. The lowest BCUT2D eigenvalue weighted by atomic mass is 9.82. The molecule has 0 fully saturated rings. The number of rotatable bonds is 12. The number of hydrogen-bond acceptors (Lipinski definition) is 7. The molecule has 1 unspecified atom stereocenters. The first kappa shape index (κ1) is 28.5. The van der Waals surface area contributed by atoms with Crippen molar-refractivity contribution in [2.45, 2.75) is 32.3 Å². The lowest BCUT2D eigenvalue weighted by molar-refractivity contribution is 0.130. The van der Waals surface area contributed by atoms with Crippen LogP contribution in [-0.2, 0) is 5.41 Å². The topological polar surface area (TPSA) is 91.6 Å². The van der Waals surface area contributed by atoms with E-state index in [1.54, 1.807) is 0 Å². The van der Waals surface area contributed by atoms with Crippen molar-refractivity contribution in [1.82, 2.24) is 0 Å². The van der Waals surface area contributed by atoms with Gasteiger partial charge in [-0.25, -0.2) is 0 Å². The van der Waals surface area contributed by atoms with Gasteiger partial charge in [0.15, 0.2) is 0 Å². The quantitative estimate of drug-likeness (QED) is 0.199. The molecule has 0 heterocycles. The molecule has 5 rings (SSSR count). The maximum atomic E-state index is 9.38. The molecule has 7 heteroatoms. The highest BCUT2D eigenvalue weighted by atomic mass is 16.5. The minimum atomic E-state index is -0.293. The van der Waals surface area contributed by atoms with Crippen LogP contribution >= 0.6 is 0 Å². The van der Waals surface area contributed by atoms with E-state index in [1.807, 2.05) is 61.5 Å². The van der Waals surface area contributed by atoms with Gasteiger partial charge < -0.3 is 34.4 Å². The van der Waals surface area contributed by atoms with Gasteiger partial charge in [0.2, 0.25) is 0 Å². The van der Waals surface area contributed by atoms with Crippen molar-refractivity contribution in [2.24, 2.45) is 0 Å². The van der Waals surface area contributed by atoms with Crippen LogP contribution in [0.4, 0.5) is 17.1 Å². The Morgan fingerprint density at radius 3 is 1.71 bits per heavy atom. The van der Waals surface area contributed by atoms with E-state index in [1.165, 1.54) is 22.3 Å². The average Bonchev–Trinajstić information content (AvgIpc) is 3.22. The maximum absolute atomic E-state index is 9.38. The number of fused-ring (bicyclic) bond motifs is 3. The fourth-order valence-electron chi connectivity index (χ4n) is 5.34. The Hall–Kier alpha value is -4.04. The van der Waals surface area contributed by atoms with Gasteiger partial charge in [0, 0.05) is 22.5 Å². The molecule has 0 saturated heterocycles. The van der Waals surface area contributed by atoms with Crippen LogP contribution in [0.2, 0.25) is 0 Å². The molecule has 214 valence electrons. The lowest BCUT2D eigenvalue weighted by Gasteiger charge is -2.28. The zero-order valence-corrected chi connectivity index (χ0v) is 23.7. The van der Waals surface area contributed by atoms with Crippen LogP contribution in [0.15, 0.2) is 84.9 Å². The number of ether oxygens (including phenoxy) is 3. The van der Waals surface area contributed by atoms with Crippen molar-refractivity contribution in [3.8, 4) is 28.4 Å². The Bertz CT molecular complexity index is 1470. The third-order valence-electron chi connectivity index (χ3n) is 7.39. The number of aliphatic hydroxyl groups excluding tert-OH is 3. The van der Waals surface area contributed by atoms with Crippen LogP contribution in [0.25, 0.3) is 11.1 Å². The maximum Gasteiger partial charge on any atom is 0.119 e. The Labute approximate surface area is 241 Å². The molecule has 3 N–H and O–H groups in total. The van der Waals surface area contributed by atoms with E-state index in [-0.39, 0.29) is 44.6 Å². The van der Waals surface area contributed by atoms with Crippen molar-refractivity contribution >= 4 is 17.1 Å². The van der Waals surface area contributed by atoms with Crippen molar-refractivity contribution < 1.29 is 29.5 Å². The highest BCUT2D eigenvalue weighted by Gasteiger charge is 2.36. The van der Waals surface area contributed by atoms with Crippen LogP contribution in [0.3, 0.4) is 0 Å². The third-order valence-corrected chi connectivity index (χ3v) is 7.39. The molecule has 0 aliphatic heterocycles. The van der Waals surface area contributed by atoms with Crippen LogP contribution in [-0.4, -0.2) is 54.5 Å². The number of nitrogens with zero attached hydrogens (tertiary/aromatic N) is 1. The van der Waals surface area contributed by atoms with Crippen LogP contribution in [0, 0.1) is 0 Å². The van der Waals surface area contributed by atoms with E-state index in [0.29, 0.717) is 11.5 Å². The van der Waals surface area contributed by atoms with Gasteiger partial charge in [-0.15, -0.1) is 0 Å². The summed E-state index contributed by atoms with van der Waals surface area (Å²) in [7, 11) is 0. The normalized spacial score (nSPS) is 13.7. The molecule has 0 bridgehead atoms. The molecule has 0 aromatic heterocycles. The van der Waals surface area contributed by atoms with Gasteiger partial charge in [0.05, 0.1) is 19.8 Å². The van der Waals surface area contributed by atoms with Crippen LogP contribution < -0.4 is 19.1 Å². The second-order valence-corrected chi connectivity index (χ2v) is 10.6. The number of anilines is 3. The van der Waals surface area contributed by atoms with E-state index in [4.69, 9.17) is 19.3 Å². The van der Waals surface area contributed by atoms with Crippen LogP contribution in [0.1, 0.15) is 31.9 Å². The average molecular weight is 556 g/mol. The van der Waals surface area contributed by atoms with Crippen LogP contribution in [0.5, 0.6) is 17.2 Å². The van der Waals surface area contributed by atoms with E-state index in [9.17, 15) is 10.2 Å². The lowest BCUT2D eigenvalue weighted by Crippen LogP contribution is -2.17. The summed E-state index contributed by atoms with van der Waals surface area (Å²) in [6.07, 6.45) is -0.293. The largest absolute Gasteiger partial charge is 0.491 e. The molecule has 0 spiro atoms. The summed E-state index contributed by atoms with van der Waals surface area (Å²) >= 11 is 0. The van der Waals surface area contributed by atoms with Crippen molar-refractivity contribution in [2.75, 3.05) is 37.9 Å². The summed E-state index contributed by atoms with van der Waals surface area (Å²) < 4.78 is 17.1. The van der Waals surface area contributed by atoms with Gasteiger partial charge >= 0.3 is 0 Å². The molecule has 1 aliphatic rings. The second kappa shape index (κ2) is 12.2. The Kier molecular flexibility index (Phi) is 8.49. The summed E-state index contributed by atoms with van der Waals surface area (Å²) in [5, 5.41) is 27.7. The molecule has 4 aromatic rings. The predicted molar refractivity (Wildman–Crippen MR) is 161 cm³/mol. The van der Waals surface area contributed by atoms with Gasteiger partial charge in [-0.2, -0.15) is 0 Å². The van der Waals surface area contributed by atoms with Gasteiger partial charge in [-0.3, -0.25) is 0 Å². The summed E-state index contributed by atoms with van der Waals surface area (Å²) in [6.45, 7) is 6.66. The summed E-state index contributed by atoms with van der Waals surface area (Å²) in [6, 6.07) is 28.4. The van der Waals surface area contributed by atoms with Crippen molar-refractivity contribution in [1.29, 1.82) is 0 Å². The van der Waals surface area contributed by atoms with E-state index < -0.39 is 0 Å². The highest BCUT2D eigenvalue weighted by Crippen LogP contribution is 2.51. The summed E-state index contributed by atoms with van der Waals surface area (Å²) in [5.74, 6) is 2.13. The van der Waals surface area contributed by atoms with E-state index in [2.05, 4.69) is 49.1 Å². The molecule has 1 atom stereocenters. The molecule has 0 radical (unpaired) electrons. The SMILES string of the molecule is CC(CO)Oc1ccc(N(c2ccc(OCCO)cc2)c2ccc3c(c2)C(C)(C)c2cc(OCCO)ccc2-3)cc1. The van der Waals surface area contributed by atoms with E-state index >= 15 is 0 Å².